The van der Waals surface area contributed by atoms with Crippen LogP contribution in [0.15, 0.2) is 24.3 Å². The average Bonchev–Trinajstić information content (AvgIpc) is 4.03. The summed E-state index contributed by atoms with van der Waals surface area (Å²) in [4.78, 5) is 116. The quantitative estimate of drug-likeness (QED) is 0.0460. The molecule has 3 unspecified atom stereocenters. The highest BCUT2D eigenvalue weighted by Gasteiger charge is 2.49. The van der Waals surface area contributed by atoms with Gasteiger partial charge in [0.1, 0.15) is 60.4 Å². The molecule has 1 aromatic rings. The average molecular weight is 1140 g/mol. The van der Waals surface area contributed by atoms with Crippen LogP contribution in [0.3, 0.4) is 0 Å². The van der Waals surface area contributed by atoms with Crippen LogP contribution in [0.5, 0.6) is 5.75 Å². The first-order valence-corrected chi connectivity index (χ1v) is 28.0. The van der Waals surface area contributed by atoms with Crippen LogP contribution in [0.25, 0.3) is 0 Å². The lowest BCUT2D eigenvalue weighted by Gasteiger charge is -2.35. The zero-order valence-corrected chi connectivity index (χ0v) is 46.3. The number of amides is 8. The van der Waals surface area contributed by atoms with E-state index in [1.54, 1.807) is 0 Å². The van der Waals surface area contributed by atoms with Crippen molar-refractivity contribution in [1.29, 1.82) is 0 Å². The van der Waals surface area contributed by atoms with Gasteiger partial charge in [-0.25, -0.2) is 0 Å². The minimum absolute atomic E-state index is 0.0864. The number of aliphatic hydroxyl groups is 7. The number of aromatic hydroxyl groups is 1. The molecule has 0 bridgehead atoms. The highest BCUT2D eigenvalue weighted by molar-refractivity contribution is 5.98. The molecular weight excluding hydrogens is 1050 g/mol. The van der Waals surface area contributed by atoms with E-state index in [4.69, 9.17) is 17.2 Å². The Bertz CT molecular complexity index is 2210. The van der Waals surface area contributed by atoms with Crippen LogP contribution in [0.2, 0.25) is 0 Å². The number of carbonyl (C=O) groups is 8. The van der Waals surface area contributed by atoms with Crippen molar-refractivity contribution in [3.05, 3.63) is 29.8 Å². The summed E-state index contributed by atoms with van der Waals surface area (Å²) in [6.07, 6.45) is -8.80. The molecule has 20 N–H and O–H groups in total. The highest BCUT2D eigenvalue weighted by Crippen LogP contribution is 2.27. The smallest absolute Gasteiger partial charge is 0.248 e. The Balaban J connectivity index is 1.78. The molecule has 27 nitrogen and oxygen atoms in total. The lowest BCUT2D eigenvalue weighted by molar-refractivity contribution is -0.148. The van der Waals surface area contributed by atoms with Crippen molar-refractivity contribution in [3.63, 3.8) is 0 Å². The molecule has 4 rings (SSSR count). The van der Waals surface area contributed by atoms with E-state index in [0.29, 0.717) is 24.7 Å². The summed E-state index contributed by atoms with van der Waals surface area (Å²) < 4.78 is 0. The predicted molar refractivity (Wildman–Crippen MR) is 288 cm³/mol. The molecule has 3 aliphatic rings. The zero-order chi connectivity index (χ0) is 59.5. The van der Waals surface area contributed by atoms with Gasteiger partial charge in [0.05, 0.1) is 36.6 Å². The van der Waals surface area contributed by atoms with Crippen LogP contribution >= 0.6 is 0 Å². The third-order valence-electron chi connectivity index (χ3n) is 15.3. The topological polar surface area (TPSA) is 455 Å². The molecule has 0 radical (unpaired) electrons. The first-order valence-electron chi connectivity index (χ1n) is 28.0. The third kappa shape index (κ3) is 19.0. The standard InChI is InChI=1S/C53H89N11O16/c1-5-27(2)22-28(3)12-10-8-6-7-9-11-13-39(71)57-34-24-38(70)46(61-47(74)33(56)25-55)62-51(78)43-37(69)19-21-63(43)53(80)41(36(68)18-20-54)59-50(77)42(45(73)44(72)30-14-16-31(66)17-15-30)60-49(76)35-23-32(67)26-64(35)52(79)40(29(4)65)58-48(34)75/h14-17,27-29,32-38,40-46,65-70,72-73H,5-13,18-26,54-56H2,1-4H3,(H,57,71)(H,58,75)(H,59,77)(H,60,76)(H,61,74)(H,62,78)/t27?,28?,29-,32-,33+,34+,35?,36-,37+,38+,40+,41+,42+,43+,44+,45+,46+/m1/s1. The van der Waals surface area contributed by atoms with Gasteiger partial charge in [-0.1, -0.05) is 77.8 Å². The van der Waals surface area contributed by atoms with E-state index in [1.807, 2.05) is 0 Å². The summed E-state index contributed by atoms with van der Waals surface area (Å²) in [6, 6.07) is -8.46. The molecule has 3 saturated heterocycles. The number of hydrogen-bond donors (Lipinski definition) is 17. The van der Waals surface area contributed by atoms with E-state index >= 15 is 0 Å². The van der Waals surface area contributed by atoms with E-state index in [-0.39, 0.29) is 37.1 Å². The molecule has 27 heteroatoms. The van der Waals surface area contributed by atoms with Gasteiger partial charge >= 0.3 is 0 Å². The zero-order valence-electron chi connectivity index (χ0n) is 46.3. The molecule has 452 valence electrons. The van der Waals surface area contributed by atoms with E-state index < -0.39 is 171 Å². The van der Waals surface area contributed by atoms with Gasteiger partial charge in [-0.15, -0.1) is 0 Å². The number of nitrogens with two attached hydrogens (primary N) is 3. The summed E-state index contributed by atoms with van der Waals surface area (Å²) in [5.41, 5.74) is 17.2. The minimum Gasteiger partial charge on any atom is -0.508 e. The SMILES string of the molecule is CCC(C)CC(C)CCCCCCCCC(=O)N[C@H]1C[C@H](O)[C@@H](NC(=O)[C@@H](N)CN)NC(=O)[C@@H]2[C@@H](O)CCN2C(=O)[C@H]([C@H](O)CCN)NC(=O)[C@H]([C@H](O)[C@@H](O)c2ccc(O)cc2)NC(=O)C2C[C@@H](O)CN2C(=O)[C@H]([C@@H](C)O)NC1=O. The number of rotatable bonds is 23. The number of phenols is 1. The molecule has 0 saturated carbocycles. The van der Waals surface area contributed by atoms with Gasteiger partial charge in [0, 0.05) is 38.9 Å². The second-order valence-corrected chi connectivity index (χ2v) is 21.9. The Morgan fingerprint density at radius 3 is 1.95 bits per heavy atom. The van der Waals surface area contributed by atoms with Gasteiger partial charge in [-0.2, -0.15) is 0 Å². The molecule has 3 aliphatic heterocycles. The molecule has 80 heavy (non-hydrogen) atoms. The van der Waals surface area contributed by atoms with E-state index in [0.717, 1.165) is 67.4 Å². The number of phenolic OH excluding ortho intramolecular Hbond substituents is 1. The Kier molecular flexibility index (Phi) is 26.9. The van der Waals surface area contributed by atoms with Crippen molar-refractivity contribution in [2.75, 3.05) is 26.2 Å². The number of carbonyl (C=O) groups excluding carboxylic acids is 8. The molecule has 0 aromatic heterocycles. The molecule has 0 aliphatic carbocycles. The monoisotopic (exact) mass is 1140 g/mol. The lowest BCUT2D eigenvalue weighted by Crippen LogP contribution is -2.65. The Labute approximate surface area is 466 Å². The first kappa shape index (κ1) is 66.9. The summed E-state index contributed by atoms with van der Waals surface area (Å²) >= 11 is 0. The second kappa shape index (κ2) is 32.1. The molecule has 0 spiro atoms. The van der Waals surface area contributed by atoms with Gasteiger partial charge < -0.3 is 99.8 Å². The summed E-state index contributed by atoms with van der Waals surface area (Å²) in [7, 11) is 0. The van der Waals surface area contributed by atoms with Crippen molar-refractivity contribution in [2.24, 2.45) is 29.0 Å². The van der Waals surface area contributed by atoms with E-state index in [1.165, 1.54) is 18.6 Å². The molecule has 8 amide bonds. The fourth-order valence-electron chi connectivity index (χ4n) is 10.3. The van der Waals surface area contributed by atoms with E-state index in [2.05, 4.69) is 52.7 Å². The van der Waals surface area contributed by atoms with Crippen molar-refractivity contribution in [2.45, 2.75) is 209 Å². The van der Waals surface area contributed by atoms with Crippen molar-refractivity contribution < 1.29 is 79.2 Å². The molecular formula is C53H89N11O16. The maximum atomic E-state index is 14.6. The number of hydrogen-bond acceptors (Lipinski definition) is 19. The Morgan fingerprint density at radius 1 is 0.713 bits per heavy atom. The maximum Gasteiger partial charge on any atom is 0.248 e. The summed E-state index contributed by atoms with van der Waals surface area (Å²) in [5, 5.41) is 104. The van der Waals surface area contributed by atoms with Crippen LogP contribution in [0, 0.1) is 11.8 Å². The second-order valence-electron chi connectivity index (χ2n) is 21.9. The largest absolute Gasteiger partial charge is 0.508 e. The van der Waals surface area contributed by atoms with Crippen LogP contribution < -0.4 is 49.1 Å². The van der Waals surface area contributed by atoms with Crippen molar-refractivity contribution >= 4 is 47.3 Å². The number of benzene rings is 1. The van der Waals surface area contributed by atoms with Gasteiger partial charge in [0.2, 0.25) is 47.3 Å². The maximum absolute atomic E-state index is 14.6. The normalized spacial score (nSPS) is 28.3. The summed E-state index contributed by atoms with van der Waals surface area (Å²) in [5.74, 6) is -8.13. The lowest BCUT2D eigenvalue weighted by atomic mass is 9.91. The first-order chi connectivity index (χ1) is 37.8. The minimum atomic E-state index is -2.32. The molecule has 3 fully saturated rings. The van der Waals surface area contributed by atoms with Crippen LogP contribution in [0.1, 0.15) is 129 Å². The third-order valence-corrected chi connectivity index (χ3v) is 15.3. The number of aliphatic hydroxyl groups excluding tert-OH is 7. The highest BCUT2D eigenvalue weighted by atomic mass is 16.3. The molecule has 1 aromatic carbocycles. The Morgan fingerprint density at radius 2 is 1.32 bits per heavy atom. The van der Waals surface area contributed by atoms with Crippen LogP contribution in [-0.2, 0) is 38.4 Å². The van der Waals surface area contributed by atoms with Gasteiger partial charge in [0.15, 0.2) is 0 Å². The van der Waals surface area contributed by atoms with Crippen molar-refractivity contribution in [3.8, 4) is 5.75 Å². The number of nitrogens with zero attached hydrogens (tertiary/aromatic N) is 2. The van der Waals surface area contributed by atoms with Crippen molar-refractivity contribution in [1.82, 2.24) is 41.7 Å². The van der Waals surface area contributed by atoms with Gasteiger partial charge in [-0.3, -0.25) is 38.4 Å². The fourth-order valence-corrected chi connectivity index (χ4v) is 10.3. The fraction of sp³-hybridized carbons (Fsp3) is 0.736. The number of fused-ring (bicyclic) bond motifs is 2. The molecule has 17 atom stereocenters. The number of nitrogens with one attached hydrogen (secondary N) is 6. The predicted octanol–water partition coefficient (Wildman–Crippen LogP) is -4.46. The Hall–Kier alpha value is -5.62. The van der Waals surface area contributed by atoms with Crippen LogP contribution in [-0.4, -0.2) is 209 Å². The van der Waals surface area contributed by atoms with Gasteiger partial charge in [0.25, 0.3) is 0 Å². The van der Waals surface area contributed by atoms with Crippen LogP contribution in [0.4, 0.5) is 0 Å². The van der Waals surface area contributed by atoms with E-state index in [9.17, 15) is 79.2 Å². The van der Waals surface area contributed by atoms with Gasteiger partial charge in [-0.05, 0) is 68.7 Å². The summed E-state index contributed by atoms with van der Waals surface area (Å²) in [6.45, 7) is 6.11. The number of unbranched alkanes of at least 4 members (excludes halogenated alkanes) is 5. The molecule has 3 heterocycles.